The highest BCUT2D eigenvalue weighted by Gasteiger charge is 2.11. The van der Waals surface area contributed by atoms with Gasteiger partial charge in [-0.25, -0.2) is 24.9 Å². The first kappa shape index (κ1) is 20.2. The summed E-state index contributed by atoms with van der Waals surface area (Å²) in [7, 11) is 0. The molecule has 4 aromatic heterocycles. The summed E-state index contributed by atoms with van der Waals surface area (Å²) in [5.41, 5.74) is 2.97. The number of nitrogens with one attached hydrogen (secondary N) is 3. The fourth-order valence-electron chi connectivity index (χ4n) is 3.26. The summed E-state index contributed by atoms with van der Waals surface area (Å²) in [5, 5.41) is 10.5. The molecule has 10 heteroatoms. The van der Waals surface area contributed by atoms with Crippen LogP contribution in [-0.4, -0.2) is 43.0 Å². The summed E-state index contributed by atoms with van der Waals surface area (Å²) >= 11 is 1.60. The van der Waals surface area contributed by atoms with E-state index < -0.39 is 0 Å². The second-order valence-electron chi connectivity index (χ2n) is 7.16. The summed E-state index contributed by atoms with van der Waals surface area (Å²) in [6.07, 6.45) is 8.50. The van der Waals surface area contributed by atoms with Gasteiger partial charge in [-0.2, -0.15) is 4.98 Å². The zero-order chi connectivity index (χ0) is 21.8. The van der Waals surface area contributed by atoms with Crippen LogP contribution < -0.4 is 16.0 Å². The number of aromatic nitrogens is 6. The predicted octanol–water partition coefficient (Wildman–Crippen LogP) is 3.96. The van der Waals surface area contributed by atoms with Gasteiger partial charge < -0.3 is 10.6 Å². The summed E-state index contributed by atoms with van der Waals surface area (Å²) in [5.74, 6) is 2.25. The van der Waals surface area contributed by atoms with Crippen LogP contribution in [0.1, 0.15) is 17.0 Å². The van der Waals surface area contributed by atoms with Crippen LogP contribution in [0.25, 0.3) is 17.1 Å². The van der Waals surface area contributed by atoms with Crippen molar-refractivity contribution in [2.75, 3.05) is 23.7 Å². The van der Waals surface area contributed by atoms with Gasteiger partial charge in [-0.1, -0.05) is 23.5 Å². The van der Waals surface area contributed by atoms with Crippen molar-refractivity contribution in [2.45, 2.75) is 13.3 Å². The molecule has 0 aromatic carbocycles. The van der Waals surface area contributed by atoms with Gasteiger partial charge in [0.2, 0.25) is 5.95 Å². The summed E-state index contributed by atoms with van der Waals surface area (Å²) in [4.78, 5) is 27.9. The third-order valence-electron chi connectivity index (χ3n) is 4.79. The van der Waals surface area contributed by atoms with Crippen molar-refractivity contribution in [1.82, 2.24) is 35.2 Å². The maximum absolute atomic E-state index is 4.56. The third-order valence-corrected chi connectivity index (χ3v) is 5.78. The number of hydrogen-bond donors (Lipinski definition) is 3. The molecule has 5 rings (SSSR count). The highest BCUT2D eigenvalue weighted by Crippen LogP contribution is 2.29. The van der Waals surface area contributed by atoms with Gasteiger partial charge >= 0.3 is 0 Å². The van der Waals surface area contributed by atoms with E-state index in [-0.39, 0.29) is 0 Å². The lowest BCUT2D eigenvalue weighted by molar-refractivity contribution is 0.739. The molecule has 160 valence electrons. The topological polar surface area (TPSA) is 113 Å². The van der Waals surface area contributed by atoms with Gasteiger partial charge in [0.15, 0.2) is 11.0 Å². The summed E-state index contributed by atoms with van der Waals surface area (Å²) in [6, 6.07) is 9.34. The lowest BCUT2D eigenvalue weighted by Gasteiger charge is -2.11. The molecule has 1 aliphatic heterocycles. The maximum atomic E-state index is 4.56. The first-order chi connectivity index (χ1) is 15.7. The van der Waals surface area contributed by atoms with Crippen molar-refractivity contribution >= 4 is 39.6 Å². The van der Waals surface area contributed by atoms with Crippen molar-refractivity contribution in [3.05, 3.63) is 65.6 Å². The van der Waals surface area contributed by atoms with Crippen LogP contribution in [-0.2, 0) is 0 Å². The number of pyridine rings is 1. The zero-order valence-corrected chi connectivity index (χ0v) is 18.2. The number of rotatable bonds is 6. The molecule has 3 N–H and O–H groups in total. The molecule has 4 aromatic rings. The summed E-state index contributed by atoms with van der Waals surface area (Å²) in [6.45, 7) is 3.83. The highest BCUT2D eigenvalue weighted by atomic mass is 32.1. The van der Waals surface area contributed by atoms with Gasteiger partial charge in [0, 0.05) is 30.8 Å². The smallest absolute Gasteiger partial charge is 0.230 e. The van der Waals surface area contributed by atoms with Gasteiger partial charge in [-0.15, -0.1) is 0 Å². The SMILES string of the molecule is Cc1cccc(-c2nccc(Nc3ccnc(Nc4ncc(C5=CCNCC5)s4)n3)n2)n1. The van der Waals surface area contributed by atoms with E-state index >= 15 is 0 Å². The molecule has 5 heterocycles. The molecule has 0 spiro atoms. The molecule has 1 aliphatic rings. The van der Waals surface area contributed by atoms with Gasteiger partial charge in [0.25, 0.3) is 0 Å². The predicted molar refractivity (Wildman–Crippen MR) is 126 cm³/mol. The minimum absolute atomic E-state index is 0.463. The van der Waals surface area contributed by atoms with Crippen LogP contribution in [0, 0.1) is 6.92 Å². The molecular formula is C22H21N9S. The van der Waals surface area contributed by atoms with Crippen LogP contribution in [0.5, 0.6) is 0 Å². The van der Waals surface area contributed by atoms with Gasteiger partial charge in [0.05, 0.1) is 4.88 Å². The van der Waals surface area contributed by atoms with E-state index in [0.717, 1.165) is 36.0 Å². The first-order valence-electron chi connectivity index (χ1n) is 10.2. The lowest BCUT2D eigenvalue weighted by atomic mass is 10.1. The molecule has 32 heavy (non-hydrogen) atoms. The molecule has 0 atom stereocenters. The monoisotopic (exact) mass is 443 g/mol. The van der Waals surface area contributed by atoms with Crippen LogP contribution in [0.4, 0.5) is 22.7 Å². The summed E-state index contributed by atoms with van der Waals surface area (Å²) < 4.78 is 0. The van der Waals surface area contributed by atoms with E-state index in [1.165, 1.54) is 10.5 Å². The highest BCUT2D eigenvalue weighted by molar-refractivity contribution is 7.16. The average Bonchev–Trinajstić information content (AvgIpc) is 3.29. The second kappa shape index (κ2) is 9.16. The molecule has 0 aliphatic carbocycles. The van der Waals surface area contributed by atoms with Crippen LogP contribution in [0.2, 0.25) is 0 Å². The molecule has 0 amide bonds. The quantitative estimate of drug-likeness (QED) is 0.407. The number of aryl methyl sites for hydroxylation is 1. The molecule has 9 nitrogen and oxygen atoms in total. The Labute approximate surface area is 189 Å². The lowest BCUT2D eigenvalue weighted by Crippen LogP contribution is -2.19. The Morgan fingerprint density at radius 1 is 0.938 bits per heavy atom. The Kier molecular flexibility index (Phi) is 5.77. The van der Waals surface area contributed by atoms with Crippen molar-refractivity contribution in [3.8, 4) is 11.5 Å². The van der Waals surface area contributed by atoms with Crippen molar-refractivity contribution in [1.29, 1.82) is 0 Å². The van der Waals surface area contributed by atoms with Crippen molar-refractivity contribution in [2.24, 2.45) is 0 Å². The van der Waals surface area contributed by atoms with E-state index in [4.69, 9.17) is 0 Å². The van der Waals surface area contributed by atoms with E-state index in [1.807, 2.05) is 31.3 Å². The minimum atomic E-state index is 0.463. The molecule has 0 saturated heterocycles. The van der Waals surface area contributed by atoms with Crippen molar-refractivity contribution < 1.29 is 0 Å². The molecule has 0 bridgehead atoms. The Morgan fingerprint density at radius 3 is 2.66 bits per heavy atom. The Morgan fingerprint density at radius 2 is 1.81 bits per heavy atom. The molecule has 0 fully saturated rings. The van der Waals surface area contributed by atoms with Crippen LogP contribution in [0.15, 0.2) is 55.0 Å². The van der Waals surface area contributed by atoms with Gasteiger partial charge in [-0.3, -0.25) is 5.32 Å². The number of nitrogens with zero attached hydrogens (tertiary/aromatic N) is 6. The van der Waals surface area contributed by atoms with E-state index in [0.29, 0.717) is 23.4 Å². The number of hydrogen-bond acceptors (Lipinski definition) is 10. The average molecular weight is 444 g/mol. The van der Waals surface area contributed by atoms with E-state index in [9.17, 15) is 0 Å². The normalized spacial score (nSPS) is 13.5. The van der Waals surface area contributed by atoms with E-state index in [1.54, 1.807) is 35.9 Å². The van der Waals surface area contributed by atoms with Gasteiger partial charge in [0.1, 0.15) is 17.3 Å². The van der Waals surface area contributed by atoms with Crippen LogP contribution >= 0.6 is 11.3 Å². The first-order valence-corrected chi connectivity index (χ1v) is 11.0. The standard InChI is InChI=1S/C22H21N9S/c1-14-3-2-4-16(27-14)20-24-11-7-18(29-20)28-19-8-12-25-21(30-19)31-22-26-13-17(32-22)15-5-9-23-10-6-15/h2-5,7-8,11-13,23H,6,9-10H2,1H3,(H2,24,25,26,28,29,30,31). The Hall–Kier alpha value is -3.76. The fourth-order valence-corrected chi connectivity index (χ4v) is 4.14. The van der Waals surface area contributed by atoms with Gasteiger partial charge in [-0.05, 0) is 49.7 Å². The zero-order valence-electron chi connectivity index (χ0n) is 17.4. The molecular weight excluding hydrogens is 422 g/mol. The maximum Gasteiger partial charge on any atom is 0.230 e. The number of thiazole rings is 1. The van der Waals surface area contributed by atoms with Crippen LogP contribution in [0.3, 0.4) is 0 Å². The molecule has 0 unspecified atom stereocenters. The minimum Gasteiger partial charge on any atom is -0.325 e. The largest absolute Gasteiger partial charge is 0.325 e. The third kappa shape index (κ3) is 4.76. The molecule has 0 saturated carbocycles. The second-order valence-corrected chi connectivity index (χ2v) is 8.19. The van der Waals surface area contributed by atoms with E-state index in [2.05, 4.69) is 51.9 Å². The molecule has 0 radical (unpaired) electrons. The van der Waals surface area contributed by atoms with Crippen molar-refractivity contribution in [3.63, 3.8) is 0 Å². The Balaban J connectivity index is 1.30. The Bertz CT molecular complexity index is 1270. The number of anilines is 4. The fraction of sp³-hybridized carbons (Fsp3) is 0.182.